The van der Waals surface area contributed by atoms with Crippen LogP contribution in [0.3, 0.4) is 0 Å². The van der Waals surface area contributed by atoms with E-state index in [1.807, 2.05) is 0 Å². The Labute approximate surface area is 207 Å². The van der Waals surface area contributed by atoms with Crippen LogP contribution in [0.2, 0.25) is 5.02 Å². The third-order valence-corrected chi connectivity index (χ3v) is 9.32. The third kappa shape index (κ3) is 2.93. The first-order valence-corrected chi connectivity index (χ1v) is 13.2. The number of nitrogens with one attached hydrogen (secondary N) is 1. The summed E-state index contributed by atoms with van der Waals surface area (Å²) in [5.74, 6) is 2.47. The van der Waals surface area contributed by atoms with Crippen molar-refractivity contribution >= 4 is 33.7 Å². The van der Waals surface area contributed by atoms with Crippen LogP contribution < -0.4 is 5.32 Å². The SMILES string of the molecule is CC1CC2CCC3(c4ccccc4-c4c(Nc5cc6ccccc6cc5Cl)cccc43)C(C1)C2. The molecule has 0 heterocycles. The minimum Gasteiger partial charge on any atom is -0.354 e. The Morgan fingerprint density at radius 2 is 1.56 bits per heavy atom. The lowest BCUT2D eigenvalue weighted by Crippen LogP contribution is -2.44. The molecule has 0 radical (unpaired) electrons. The summed E-state index contributed by atoms with van der Waals surface area (Å²) < 4.78 is 0. The zero-order valence-corrected chi connectivity index (χ0v) is 20.4. The summed E-state index contributed by atoms with van der Waals surface area (Å²) in [6.45, 7) is 2.47. The van der Waals surface area contributed by atoms with Gasteiger partial charge in [-0.1, -0.05) is 79.2 Å². The van der Waals surface area contributed by atoms with Gasteiger partial charge in [0.05, 0.1) is 10.7 Å². The number of fused-ring (bicyclic) bond motifs is 9. The largest absolute Gasteiger partial charge is 0.354 e. The first-order chi connectivity index (χ1) is 16.6. The fraction of sp³-hybridized carbons (Fsp3) is 0.312. The fourth-order valence-electron chi connectivity index (χ4n) is 7.74. The maximum absolute atomic E-state index is 6.77. The standard InChI is InChI=1S/C32H30ClN/c1-20-15-21-13-14-32(24(16-20)17-21)26-10-5-4-9-25(26)31-27(32)11-6-12-29(31)34-30-19-23-8-3-2-7-22(23)18-28(30)33/h2-12,18-21,24,34H,13-17H2,1H3. The van der Waals surface area contributed by atoms with Crippen molar-refractivity contribution in [1.82, 2.24) is 0 Å². The first kappa shape index (κ1) is 20.6. The van der Waals surface area contributed by atoms with Crippen LogP contribution >= 0.6 is 11.6 Å². The van der Waals surface area contributed by atoms with E-state index in [0.717, 1.165) is 28.5 Å². The van der Waals surface area contributed by atoms with Crippen molar-refractivity contribution < 1.29 is 0 Å². The molecule has 0 saturated heterocycles. The molecule has 1 nitrogen and oxygen atoms in total. The number of hydrogen-bond acceptors (Lipinski definition) is 1. The number of benzene rings is 4. The van der Waals surface area contributed by atoms with Crippen LogP contribution in [0.15, 0.2) is 78.9 Å². The van der Waals surface area contributed by atoms with E-state index in [2.05, 4.69) is 91.1 Å². The van der Waals surface area contributed by atoms with E-state index < -0.39 is 0 Å². The smallest absolute Gasteiger partial charge is 0.0647 e. The Hall–Kier alpha value is -2.77. The molecule has 170 valence electrons. The predicted molar refractivity (Wildman–Crippen MR) is 144 cm³/mol. The molecule has 2 heteroatoms. The van der Waals surface area contributed by atoms with Crippen LogP contribution in [0.5, 0.6) is 0 Å². The molecule has 4 atom stereocenters. The molecule has 2 bridgehead atoms. The second kappa shape index (κ2) is 7.62. The average Bonchev–Trinajstić information content (AvgIpc) is 3.13. The maximum Gasteiger partial charge on any atom is 0.0647 e. The normalized spacial score (nSPS) is 26.9. The molecule has 2 saturated carbocycles. The van der Waals surface area contributed by atoms with Crippen LogP contribution in [0, 0.1) is 17.8 Å². The summed E-state index contributed by atoms with van der Waals surface area (Å²) >= 11 is 6.77. The lowest BCUT2D eigenvalue weighted by atomic mass is 9.53. The zero-order valence-electron chi connectivity index (χ0n) is 19.7. The number of halogens is 1. The molecular weight excluding hydrogens is 434 g/mol. The van der Waals surface area contributed by atoms with Crippen LogP contribution in [0.1, 0.15) is 50.2 Å². The van der Waals surface area contributed by atoms with E-state index >= 15 is 0 Å². The quantitative estimate of drug-likeness (QED) is 0.312. The van der Waals surface area contributed by atoms with Crippen molar-refractivity contribution in [1.29, 1.82) is 0 Å². The van der Waals surface area contributed by atoms with Gasteiger partial charge in [0, 0.05) is 16.7 Å². The fourth-order valence-corrected chi connectivity index (χ4v) is 7.96. The van der Waals surface area contributed by atoms with Crippen molar-refractivity contribution in [2.75, 3.05) is 5.32 Å². The molecule has 1 N–H and O–H groups in total. The zero-order chi connectivity index (χ0) is 22.9. The van der Waals surface area contributed by atoms with Crippen LogP contribution in [0.4, 0.5) is 11.4 Å². The Kier molecular flexibility index (Phi) is 4.61. The van der Waals surface area contributed by atoms with Crippen LogP contribution in [-0.4, -0.2) is 0 Å². The summed E-state index contributed by atoms with van der Waals surface area (Å²) in [4.78, 5) is 0. The van der Waals surface area contributed by atoms with Gasteiger partial charge in [0.2, 0.25) is 0 Å². The first-order valence-electron chi connectivity index (χ1n) is 12.8. The van der Waals surface area contributed by atoms with E-state index in [1.54, 1.807) is 5.56 Å². The highest BCUT2D eigenvalue weighted by molar-refractivity contribution is 6.34. The molecule has 0 aliphatic heterocycles. The van der Waals surface area contributed by atoms with Crippen molar-refractivity contribution in [3.63, 3.8) is 0 Å². The minimum atomic E-state index is 0.155. The highest BCUT2D eigenvalue weighted by Crippen LogP contribution is 2.63. The van der Waals surface area contributed by atoms with Gasteiger partial charge in [-0.2, -0.15) is 0 Å². The summed E-state index contributed by atoms with van der Waals surface area (Å²) in [6, 6.07) is 28.8. The summed E-state index contributed by atoms with van der Waals surface area (Å²) in [5, 5.41) is 6.90. The Morgan fingerprint density at radius 3 is 2.44 bits per heavy atom. The molecule has 4 unspecified atom stereocenters. The molecule has 1 spiro atoms. The molecule has 4 aromatic rings. The van der Waals surface area contributed by atoms with Crippen molar-refractivity contribution in [2.45, 2.75) is 44.4 Å². The topological polar surface area (TPSA) is 12.0 Å². The molecular formula is C32H30ClN. The van der Waals surface area contributed by atoms with Gasteiger partial charge >= 0.3 is 0 Å². The second-order valence-corrected chi connectivity index (χ2v) is 11.4. The molecule has 3 aliphatic rings. The molecule has 3 aliphatic carbocycles. The highest BCUT2D eigenvalue weighted by atomic mass is 35.5. The van der Waals surface area contributed by atoms with Crippen molar-refractivity contribution in [2.24, 2.45) is 17.8 Å². The van der Waals surface area contributed by atoms with E-state index in [9.17, 15) is 0 Å². The van der Waals surface area contributed by atoms with Gasteiger partial charge in [-0.15, -0.1) is 0 Å². The van der Waals surface area contributed by atoms with Gasteiger partial charge in [-0.25, -0.2) is 0 Å². The number of hydrogen-bond donors (Lipinski definition) is 1. The molecule has 7 rings (SSSR count). The van der Waals surface area contributed by atoms with E-state index in [-0.39, 0.29) is 5.41 Å². The summed E-state index contributed by atoms with van der Waals surface area (Å²) in [7, 11) is 0. The van der Waals surface area contributed by atoms with Gasteiger partial charge in [-0.3, -0.25) is 0 Å². The predicted octanol–water partition coefficient (Wildman–Crippen LogP) is 9.35. The molecule has 34 heavy (non-hydrogen) atoms. The highest BCUT2D eigenvalue weighted by Gasteiger charge is 2.53. The average molecular weight is 464 g/mol. The summed E-state index contributed by atoms with van der Waals surface area (Å²) in [5.41, 5.74) is 8.19. The van der Waals surface area contributed by atoms with Gasteiger partial charge in [-0.05, 0) is 95.5 Å². The van der Waals surface area contributed by atoms with Gasteiger partial charge in [0.25, 0.3) is 0 Å². The van der Waals surface area contributed by atoms with E-state index in [1.165, 1.54) is 65.3 Å². The lowest BCUT2D eigenvalue weighted by molar-refractivity contribution is 0.0856. The lowest BCUT2D eigenvalue weighted by Gasteiger charge is -2.50. The third-order valence-electron chi connectivity index (χ3n) is 9.01. The van der Waals surface area contributed by atoms with E-state index in [0.29, 0.717) is 0 Å². The Balaban J connectivity index is 1.40. The van der Waals surface area contributed by atoms with Crippen LogP contribution in [-0.2, 0) is 5.41 Å². The molecule has 4 aromatic carbocycles. The molecule has 0 amide bonds. The Morgan fingerprint density at radius 1 is 0.794 bits per heavy atom. The maximum atomic E-state index is 6.77. The summed E-state index contributed by atoms with van der Waals surface area (Å²) in [6.07, 6.45) is 6.77. The monoisotopic (exact) mass is 463 g/mol. The molecule has 0 aromatic heterocycles. The number of anilines is 2. The van der Waals surface area contributed by atoms with Gasteiger partial charge in [0.1, 0.15) is 0 Å². The Bertz CT molecular complexity index is 1420. The second-order valence-electron chi connectivity index (χ2n) is 11.0. The minimum absolute atomic E-state index is 0.155. The van der Waals surface area contributed by atoms with Crippen LogP contribution in [0.25, 0.3) is 21.9 Å². The van der Waals surface area contributed by atoms with Crippen molar-refractivity contribution in [3.05, 3.63) is 95.0 Å². The van der Waals surface area contributed by atoms with E-state index in [4.69, 9.17) is 11.6 Å². The molecule has 2 fully saturated rings. The van der Waals surface area contributed by atoms with Gasteiger partial charge < -0.3 is 5.32 Å². The van der Waals surface area contributed by atoms with Gasteiger partial charge in [0.15, 0.2) is 0 Å². The number of rotatable bonds is 2. The van der Waals surface area contributed by atoms with Crippen molar-refractivity contribution in [3.8, 4) is 11.1 Å².